The molecule has 0 radical (unpaired) electrons. The third kappa shape index (κ3) is 4.21. The molecule has 1 N–H and O–H groups in total. The quantitative estimate of drug-likeness (QED) is 0.382. The summed E-state index contributed by atoms with van der Waals surface area (Å²) in [5.74, 6) is -0.240. The molecule has 136 valence electrons. The van der Waals surface area contributed by atoms with Crippen LogP contribution in [-0.4, -0.2) is 51.2 Å². The predicted octanol–water partition coefficient (Wildman–Crippen LogP) is 3.69. The topological polar surface area (TPSA) is 41.6 Å². The van der Waals surface area contributed by atoms with E-state index in [0.717, 1.165) is 47.6 Å². The molecule has 3 rings (SSSR count). The van der Waals surface area contributed by atoms with Crippen molar-refractivity contribution in [1.29, 1.82) is 0 Å². The van der Waals surface area contributed by atoms with Crippen LogP contribution in [-0.2, 0) is 4.74 Å². The van der Waals surface area contributed by atoms with Gasteiger partial charge >= 0.3 is 5.97 Å². The van der Waals surface area contributed by atoms with E-state index >= 15 is 0 Å². The van der Waals surface area contributed by atoms with Gasteiger partial charge < -0.3 is 15.0 Å². The number of carbonyl (C=O) groups excluding carboxylic acids is 1. The van der Waals surface area contributed by atoms with Gasteiger partial charge in [0, 0.05) is 19.6 Å². The molecule has 3 aromatic rings. The van der Waals surface area contributed by atoms with Crippen LogP contribution < -0.4 is 5.32 Å². The van der Waals surface area contributed by atoms with E-state index < -0.39 is 0 Å². The first-order valence-corrected chi connectivity index (χ1v) is 9.11. The summed E-state index contributed by atoms with van der Waals surface area (Å²) in [5.41, 5.74) is 0.669. The first-order chi connectivity index (χ1) is 12.7. The van der Waals surface area contributed by atoms with Gasteiger partial charge in [-0.1, -0.05) is 48.5 Å². The molecule has 0 unspecified atom stereocenters. The van der Waals surface area contributed by atoms with Crippen LogP contribution in [0.3, 0.4) is 0 Å². The van der Waals surface area contributed by atoms with Gasteiger partial charge in [0.15, 0.2) is 0 Å². The van der Waals surface area contributed by atoms with Crippen LogP contribution in [0.15, 0.2) is 54.6 Å². The van der Waals surface area contributed by atoms with E-state index in [9.17, 15) is 4.79 Å². The molecule has 0 aliphatic heterocycles. The minimum Gasteiger partial charge on any atom is -0.462 e. The summed E-state index contributed by atoms with van der Waals surface area (Å²) >= 11 is 0. The Kier molecular flexibility index (Phi) is 6.21. The maximum atomic E-state index is 12.8. The van der Waals surface area contributed by atoms with Crippen LogP contribution in [0.5, 0.6) is 0 Å². The van der Waals surface area contributed by atoms with Crippen molar-refractivity contribution < 1.29 is 9.53 Å². The van der Waals surface area contributed by atoms with Gasteiger partial charge in [0.2, 0.25) is 0 Å². The molecule has 0 atom stereocenters. The second kappa shape index (κ2) is 8.79. The van der Waals surface area contributed by atoms with E-state index in [1.54, 1.807) is 0 Å². The number of esters is 1. The minimum atomic E-state index is -0.240. The molecule has 0 aliphatic rings. The third-order valence-electron chi connectivity index (χ3n) is 4.64. The number of nitrogens with zero attached hydrogens (tertiary/aromatic N) is 1. The Morgan fingerprint density at radius 1 is 1.00 bits per heavy atom. The van der Waals surface area contributed by atoms with Crippen LogP contribution in [0, 0.1) is 0 Å². The number of nitrogens with one attached hydrogen (secondary N) is 1. The van der Waals surface area contributed by atoms with Crippen LogP contribution in [0.25, 0.3) is 21.5 Å². The fourth-order valence-electron chi connectivity index (χ4n) is 3.22. The molecule has 0 saturated heterocycles. The van der Waals surface area contributed by atoms with E-state index in [2.05, 4.69) is 23.3 Å². The average Bonchev–Trinajstić information content (AvgIpc) is 2.67. The number of hydrogen-bond acceptors (Lipinski definition) is 4. The van der Waals surface area contributed by atoms with E-state index in [-0.39, 0.29) is 5.97 Å². The number of rotatable bonds is 8. The normalized spacial score (nSPS) is 11.3. The van der Waals surface area contributed by atoms with Crippen molar-refractivity contribution >= 4 is 27.5 Å². The highest BCUT2D eigenvalue weighted by atomic mass is 16.5. The number of fused-ring (bicyclic) bond motifs is 2. The van der Waals surface area contributed by atoms with E-state index in [0.29, 0.717) is 12.2 Å². The third-order valence-corrected chi connectivity index (χ3v) is 4.64. The van der Waals surface area contributed by atoms with Gasteiger partial charge in [-0.3, -0.25) is 0 Å². The van der Waals surface area contributed by atoms with E-state index in [1.807, 2.05) is 55.6 Å². The van der Waals surface area contributed by atoms with Gasteiger partial charge in [-0.15, -0.1) is 0 Å². The molecule has 0 amide bonds. The number of carbonyl (C=O) groups is 1. The van der Waals surface area contributed by atoms with Gasteiger partial charge in [-0.2, -0.15) is 0 Å². The molecule has 26 heavy (non-hydrogen) atoms. The maximum Gasteiger partial charge on any atom is 0.339 e. The highest BCUT2D eigenvalue weighted by molar-refractivity contribution is 6.16. The van der Waals surface area contributed by atoms with Crippen molar-refractivity contribution in [3.05, 3.63) is 60.2 Å². The molecule has 0 saturated carbocycles. The lowest BCUT2D eigenvalue weighted by Gasteiger charge is -2.16. The largest absolute Gasteiger partial charge is 0.462 e. The van der Waals surface area contributed by atoms with Gasteiger partial charge in [-0.25, -0.2) is 4.79 Å². The summed E-state index contributed by atoms with van der Waals surface area (Å²) < 4.78 is 5.62. The summed E-state index contributed by atoms with van der Waals surface area (Å²) in [6.45, 7) is 3.28. The first-order valence-electron chi connectivity index (χ1n) is 9.11. The zero-order valence-corrected chi connectivity index (χ0v) is 15.5. The highest BCUT2D eigenvalue weighted by Gasteiger charge is 2.16. The van der Waals surface area contributed by atoms with Crippen molar-refractivity contribution in [3.63, 3.8) is 0 Å². The Morgan fingerprint density at radius 2 is 1.62 bits per heavy atom. The molecular formula is C22H26N2O2. The molecule has 4 heteroatoms. The molecule has 0 fully saturated rings. The van der Waals surface area contributed by atoms with Crippen molar-refractivity contribution in [2.45, 2.75) is 6.42 Å². The van der Waals surface area contributed by atoms with E-state index in [4.69, 9.17) is 4.74 Å². The Morgan fingerprint density at radius 3 is 2.23 bits per heavy atom. The monoisotopic (exact) mass is 350 g/mol. The fraction of sp³-hybridized carbons (Fsp3) is 0.318. The maximum absolute atomic E-state index is 12.8. The summed E-state index contributed by atoms with van der Waals surface area (Å²) in [5, 5.41) is 7.15. The number of benzene rings is 3. The molecule has 0 aliphatic carbocycles. The second-order valence-corrected chi connectivity index (χ2v) is 6.59. The summed E-state index contributed by atoms with van der Waals surface area (Å²) in [7, 11) is 4.03. The Bertz CT molecular complexity index is 838. The number of likely N-dealkylation sites (N-methyl/N-ethyl adjacent to an activating group) is 2. The first kappa shape index (κ1) is 18.4. The SMILES string of the molecule is CNCCN(C)CCCOC(=O)c1c2ccccc2cc2ccccc12. The van der Waals surface area contributed by atoms with Crippen molar-refractivity contribution in [2.75, 3.05) is 40.3 Å². The predicted molar refractivity (Wildman–Crippen MR) is 108 cm³/mol. The smallest absolute Gasteiger partial charge is 0.339 e. The molecule has 0 heterocycles. The second-order valence-electron chi connectivity index (χ2n) is 6.59. The van der Waals surface area contributed by atoms with Gasteiger partial charge in [0.1, 0.15) is 0 Å². The number of hydrogen-bond donors (Lipinski definition) is 1. The fourth-order valence-corrected chi connectivity index (χ4v) is 3.22. The molecule has 4 nitrogen and oxygen atoms in total. The standard InChI is InChI=1S/C22H26N2O2/c1-23-12-14-24(2)13-7-15-26-22(25)21-19-10-5-3-8-17(19)16-18-9-4-6-11-20(18)21/h3-6,8-11,16,23H,7,12-15H2,1-2H3. The van der Waals surface area contributed by atoms with Crippen LogP contribution in [0.1, 0.15) is 16.8 Å². The van der Waals surface area contributed by atoms with Gasteiger partial charge in [0.05, 0.1) is 12.2 Å². The lowest BCUT2D eigenvalue weighted by atomic mass is 9.97. The van der Waals surface area contributed by atoms with Crippen LogP contribution in [0.4, 0.5) is 0 Å². The molecule has 3 aromatic carbocycles. The van der Waals surface area contributed by atoms with Crippen LogP contribution in [0.2, 0.25) is 0 Å². The van der Waals surface area contributed by atoms with Gasteiger partial charge in [-0.05, 0) is 48.1 Å². The lowest BCUT2D eigenvalue weighted by Crippen LogP contribution is -2.28. The Labute approximate surface area is 154 Å². The molecular weight excluding hydrogens is 324 g/mol. The zero-order valence-electron chi connectivity index (χ0n) is 15.5. The molecule has 0 bridgehead atoms. The summed E-state index contributed by atoms with van der Waals surface area (Å²) in [4.78, 5) is 15.1. The van der Waals surface area contributed by atoms with Crippen molar-refractivity contribution in [3.8, 4) is 0 Å². The molecule has 0 spiro atoms. The number of ether oxygens (including phenoxy) is 1. The van der Waals surface area contributed by atoms with Crippen LogP contribution >= 0.6 is 0 Å². The molecule has 0 aromatic heterocycles. The van der Waals surface area contributed by atoms with Crippen molar-refractivity contribution in [2.24, 2.45) is 0 Å². The van der Waals surface area contributed by atoms with E-state index in [1.165, 1.54) is 0 Å². The highest BCUT2D eigenvalue weighted by Crippen LogP contribution is 2.29. The Hall–Kier alpha value is -2.43. The minimum absolute atomic E-state index is 0.240. The lowest BCUT2D eigenvalue weighted by molar-refractivity contribution is 0.0496. The van der Waals surface area contributed by atoms with Gasteiger partial charge in [0.25, 0.3) is 0 Å². The summed E-state index contributed by atoms with van der Waals surface area (Å²) in [6, 6.07) is 18.1. The van der Waals surface area contributed by atoms with Crippen molar-refractivity contribution in [1.82, 2.24) is 10.2 Å². The average molecular weight is 350 g/mol. The Balaban J connectivity index is 1.75. The zero-order chi connectivity index (χ0) is 18.4. The summed E-state index contributed by atoms with van der Waals surface area (Å²) in [6.07, 6.45) is 0.828.